The molecule has 0 N–H and O–H groups in total. The van der Waals surface area contributed by atoms with E-state index in [1.807, 2.05) is 42.5 Å². The molecule has 0 bridgehead atoms. The summed E-state index contributed by atoms with van der Waals surface area (Å²) in [7, 11) is 0. The van der Waals surface area contributed by atoms with Crippen LogP contribution in [-0.4, -0.2) is 15.0 Å². The van der Waals surface area contributed by atoms with Crippen LogP contribution in [0.3, 0.4) is 0 Å². The van der Waals surface area contributed by atoms with Crippen molar-refractivity contribution in [2.24, 2.45) is 0 Å². The average Bonchev–Trinajstić information content (AvgIpc) is 3.76. The SMILES string of the molecule is N#Cc1ccc2c(c1)C1(c3ccccc3-c3ccccc31)c1cc(-c3ccc(-c4nc(-c5ccccc5)nc(-c5cccc(-c6ccccc6)c5)n4)cc3)ccc1-2. The lowest BCUT2D eigenvalue weighted by molar-refractivity contribution is 0.793. The number of nitrogens with zero attached hydrogens (tertiary/aromatic N) is 4. The molecular weight excluding hydrogens is 693 g/mol. The monoisotopic (exact) mass is 724 g/mol. The van der Waals surface area contributed by atoms with Crippen molar-refractivity contribution in [3.63, 3.8) is 0 Å². The number of aromatic nitrogens is 3. The maximum atomic E-state index is 10.0. The van der Waals surface area contributed by atoms with Crippen LogP contribution in [0.25, 0.3) is 78.7 Å². The average molecular weight is 725 g/mol. The van der Waals surface area contributed by atoms with E-state index in [2.05, 4.69) is 158 Å². The Kier molecular flexibility index (Phi) is 7.42. The van der Waals surface area contributed by atoms with E-state index in [0.717, 1.165) is 44.5 Å². The molecule has 0 saturated carbocycles. The third kappa shape index (κ3) is 5.10. The van der Waals surface area contributed by atoms with Crippen molar-refractivity contribution in [2.45, 2.75) is 5.41 Å². The van der Waals surface area contributed by atoms with Crippen LogP contribution in [0, 0.1) is 11.3 Å². The van der Waals surface area contributed by atoms with Gasteiger partial charge in [-0.1, -0.05) is 170 Å². The number of benzene rings is 8. The van der Waals surface area contributed by atoms with Crippen LogP contribution in [0.15, 0.2) is 194 Å². The molecule has 0 aliphatic heterocycles. The summed E-state index contributed by atoms with van der Waals surface area (Å²) in [5.74, 6) is 1.87. The van der Waals surface area contributed by atoms with Crippen molar-refractivity contribution >= 4 is 0 Å². The molecule has 0 atom stereocenters. The fourth-order valence-corrected chi connectivity index (χ4v) is 9.02. The molecule has 9 aromatic rings. The molecule has 0 radical (unpaired) electrons. The van der Waals surface area contributed by atoms with Gasteiger partial charge in [-0.05, 0) is 91.0 Å². The highest BCUT2D eigenvalue weighted by atomic mass is 15.0. The Labute approximate surface area is 331 Å². The Bertz CT molecular complexity index is 3030. The zero-order valence-corrected chi connectivity index (χ0v) is 30.8. The van der Waals surface area contributed by atoms with Crippen molar-refractivity contribution < 1.29 is 0 Å². The van der Waals surface area contributed by atoms with Gasteiger partial charge in [0.2, 0.25) is 0 Å². The second-order valence-electron chi connectivity index (χ2n) is 14.7. The minimum atomic E-state index is -0.534. The number of rotatable bonds is 5. The predicted molar refractivity (Wildman–Crippen MR) is 228 cm³/mol. The minimum absolute atomic E-state index is 0.534. The Morgan fingerprint density at radius 2 is 0.737 bits per heavy atom. The van der Waals surface area contributed by atoms with Crippen molar-refractivity contribution in [3.05, 3.63) is 222 Å². The molecule has 2 aliphatic carbocycles. The molecule has 57 heavy (non-hydrogen) atoms. The molecule has 1 aromatic heterocycles. The highest BCUT2D eigenvalue weighted by molar-refractivity contribution is 5.96. The van der Waals surface area contributed by atoms with Gasteiger partial charge in [-0.3, -0.25) is 0 Å². The Morgan fingerprint density at radius 1 is 0.316 bits per heavy atom. The first-order valence-electron chi connectivity index (χ1n) is 19.2. The third-order valence-electron chi connectivity index (χ3n) is 11.6. The maximum absolute atomic E-state index is 10.0. The largest absolute Gasteiger partial charge is 0.208 e. The van der Waals surface area contributed by atoms with Gasteiger partial charge in [0, 0.05) is 16.7 Å². The van der Waals surface area contributed by atoms with E-state index < -0.39 is 5.41 Å². The summed E-state index contributed by atoms with van der Waals surface area (Å²) in [5.41, 5.74) is 17.1. The van der Waals surface area contributed by atoms with Crippen molar-refractivity contribution in [2.75, 3.05) is 0 Å². The van der Waals surface area contributed by atoms with Crippen LogP contribution < -0.4 is 0 Å². The van der Waals surface area contributed by atoms with Gasteiger partial charge in [0.05, 0.1) is 17.0 Å². The molecular formula is C53H32N4. The van der Waals surface area contributed by atoms with Gasteiger partial charge < -0.3 is 0 Å². The van der Waals surface area contributed by atoms with Crippen LogP contribution in [0.5, 0.6) is 0 Å². The fraction of sp³-hybridized carbons (Fsp3) is 0.0189. The van der Waals surface area contributed by atoms with E-state index in [1.54, 1.807) is 0 Å². The molecule has 4 heteroatoms. The van der Waals surface area contributed by atoms with Crippen molar-refractivity contribution in [1.82, 2.24) is 15.0 Å². The van der Waals surface area contributed by atoms with Gasteiger partial charge >= 0.3 is 0 Å². The minimum Gasteiger partial charge on any atom is -0.208 e. The van der Waals surface area contributed by atoms with Gasteiger partial charge in [0.25, 0.3) is 0 Å². The molecule has 0 fully saturated rings. The second-order valence-corrected chi connectivity index (χ2v) is 14.7. The van der Waals surface area contributed by atoms with Crippen LogP contribution >= 0.6 is 0 Å². The maximum Gasteiger partial charge on any atom is 0.164 e. The topological polar surface area (TPSA) is 62.5 Å². The molecule has 2 aliphatic rings. The summed E-state index contributed by atoms with van der Waals surface area (Å²) in [4.78, 5) is 15.1. The second kappa shape index (κ2) is 12.9. The highest BCUT2D eigenvalue weighted by Crippen LogP contribution is 2.63. The lowest BCUT2D eigenvalue weighted by atomic mass is 9.70. The van der Waals surface area contributed by atoms with Gasteiger partial charge in [-0.15, -0.1) is 0 Å². The summed E-state index contributed by atoms with van der Waals surface area (Å²) >= 11 is 0. The summed E-state index contributed by atoms with van der Waals surface area (Å²) in [6.45, 7) is 0. The van der Waals surface area contributed by atoms with E-state index in [9.17, 15) is 5.26 Å². The first-order chi connectivity index (χ1) is 28.2. The van der Waals surface area contributed by atoms with Crippen LogP contribution in [0.4, 0.5) is 0 Å². The van der Waals surface area contributed by atoms with Crippen molar-refractivity contribution in [1.29, 1.82) is 5.26 Å². The molecule has 11 rings (SSSR count). The summed E-state index contributed by atoms with van der Waals surface area (Å²) < 4.78 is 0. The smallest absolute Gasteiger partial charge is 0.164 e. The number of nitriles is 1. The van der Waals surface area contributed by atoms with Crippen LogP contribution in [-0.2, 0) is 5.41 Å². The zero-order valence-electron chi connectivity index (χ0n) is 30.8. The van der Waals surface area contributed by atoms with Gasteiger partial charge in [-0.2, -0.15) is 5.26 Å². The number of fused-ring (bicyclic) bond motifs is 10. The van der Waals surface area contributed by atoms with Crippen LogP contribution in [0.2, 0.25) is 0 Å². The van der Waals surface area contributed by atoms with E-state index in [0.29, 0.717) is 23.0 Å². The lowest BCUT2D eigenvalue weighted by Gasteiger charge is -2.30. The van der Waals surface area contributed by atoms with E-state index in [-0.39, 0.29) is 0 Å². The highest BCUT2D eigenvalue weighted by Gasteiger charge is 2.51. The number of hydrogen-bond acceptors (Lipinski definition) is 4. The molecule has 1 spiro atoms. The van der Waals surface area contributed by atoms with Gasteiger partial charge in [0.15, 0.2) is 17.5 Å². The Balaban J connectivity index is 1.03. The third-order valence-corrected chi connectivity index (χ3v) is 11.6. The first kappa shape index (κ1) is 32.7. The molecule has 4 nitrogen and oxygen atoms in total. The predicted octanol–water partition coefficient (Wildman–Crippen LogP) is 12.4. The molecule has 264 valence electrons. The summed E-state index contributed by atoms with van der Waals surface area (Å²) in [6, 6.07) is 70.3. The van der Waals surface area contributed by atoms with Crippen LogP contribution in [0.1, 0.15) is 27.8 Å². The Morgan fingerprint density at radius 3 is 1.39 bits per heavy atom. The van der Waals surface area contributed by atoms with E-state index in [4.69, 9.17) is 15.0 Å². The van der Waals surface area contributed by atoms with E-state index >= 15 is 0 Å². The standard InChI is InChI=1S/C53H32N4/c54-33-34-22-28-44-45-29-27-40(32-49(45)53(48(44)30-34)46-20-9-7-18-42(46)43-19-8-10-21-47(43)53)36-23-25-38(26-24-36)51-55-50(37-14-5-2-6-15-37)56-52(57-51)41-17-11-16-39(31-41)35-12-3-1-4-13-35/h1-32H. The summed E-state index contributed by atoms with van der Waals surface area (Å²) in [6.07, 6.45) is 0. The molecule has 1 heterocycles. The molecule has 0 amide bonds. The van der Waals surface area contributed by atoms with Gasteiger partial charge in [0.1, 0.15) is 0 Å². The van der Waals surface area contributed by atoms with Crippen molar-refractivity contribution in [3.8, 4) is 84.7 Å². The Hall–Kier alpha value is -7.74. The quantitative estimate of drug-likeness (QED) is 0.177. The molecule has 8 aromatic carbocycles. The fourth-order valence-electron chi connectivity index (χ4n) is 9.02. The van der Waals surface area contributed by atoms with E-state index in [1.165, 1.54) is 38.9 Å². The molecule has 0 unspecified atom stereocenters. The first-order valence-corrected chi connectivity index (χ1v) is 19.2. The lowest BCUT2D eigenvalue weighted by Crippen LogP contribution is -2.26. The van der Waals surface area contributed by atoms with Gasteiger partial charge in [-0.25, -0.2) is 15.0 Å². The zero-order chi connectivity index (χ0) is 37.9. The summed E-state index contributed by atoms with van der Waals surface area (Å²) in [5, 5.41) is 10.0. The molecule has 0 saturated heterocycles. The normalized spacial score (nSPS) is 12.7. The number of hydrogen-bond donors (Lipinski definition) is 0.